The number of likely N-dealkylation sites (N-methyl/N-ethyl adjacent to an activating group) is 1. The van der Waals surface area contributed by atoms with Crippen LogP contribution in [0.5, 0.6) is 11.5 Å². The minimum atomic E-state index is -3.03. The number of carbonyl (C=O) groups excluding carboxylic acids is 1. The van der Waals surface area contributed by atoms with Crippen LogP contribution in [0.4, 0.5) is 25.3 Å². The molecule has 1 aliphatic heterocycles. The molecule has 15 heteroatoms. The number of nitrogens with one attached hydrogen (secondary N) is 2. The number of piperidine rings is 1. The Bertz CT molecular complexity index is 1510. The molecule has 1 aliphatic rings. The largest absolute Gasteiger partial charge is 0.454 e. The molecule has 4 N–H and O–H groups in total. The van der Waals surface area contributed by atoms with Crippen molar-refractivity contribution in [2.75, 3.05) is 39.1 Å². The van der Waals surface area contributed by atoms with E-state index in [1.54, 1.807) is 7.05 Å². The van der Waals surface area contributed by atoms with Crippen molar-refractivity contribution >= 4 is 34.9 Å². The number of hydrogen-bond donors (Lipinski definition) is 3. The number of allylic oxidation sites excluding steroid dienone is 1. The SMILES string of the molecule is CN(C)CCOC(=O)Nc1cc(Oc2cnc3nc(/N=C(N)\C=C4/NCCCC4(F)F)n(C)c3c2C#N)ccn1. The maximum atomic E-state index is 14.1. The number of anilines is 1. The Morgan fingerprint density at radius 3 is 2.95 bits per heavy atom. The van der Waals surface area contributed by atoms with Gasteiger partial charge in [0.2, 0.25) is 5.95 Å². The van der Waals surface area contributed by atoms with Crippen LogP contribution >= 0.6 is 0 Å². The second-order valence-electron chi connectivity index (χ2n) is 9.12. The molecule has 13 nitrogen and oxygen atoms in total. The fourth-order valence-electron chi connectivity index (χ4n) is 3.81. The zero-order chi connectivity index (χ0) is 28.9. The Balaban J connectivity index is 1.56. The predicted octanol–water partition coefficient (Wildman–Crippen LogP) is 3.03. The summed E-state index contributed by atoms with van der Waals surface area (Å²) < 4.78 is 40.7. The summed E-state index contributed by atoms with van der Waals surface area (Å²) in [4.78, 5) is 30.7. The molecule has 40 heavy (non-hydrogen) atoms. The molecule has 210 valence electrons. The predicted molar refractivity (Wildman–Crippen MR) is 143 cm³/mol. The van der Waals surface area contributed by atoms with E-state index in [0.717, 1.165) is 6.08 Å². The van der Waals surface area contributed by atoms with Gasteiger partial charge in [0.1, 0.15) is 41.2 Å². The van der Waals surface area contributed by atoms with Crippen LogP contribution in [0.15, 0.2) is 41.3 Å². The molecule has 0 aliphatic carbocycles. The summed E-state index contributed by atoms with van der Waals surface area (Å²) in [7, 11) is 5.31. The number of alkyl halides is 2. The van der Waals surface area contributed by atoms with Gasteiger partial charge in [0, 0.05) is 44.9 Å². The van der Waals surface area contributed by atoms with Crippen molar-refractivity contribution in [1.82, 2.24) is 29.7 Å². The first-order valence-electron chi connectivity index (χ1n) is 12.2. The van der Waals surface area contributed by atoms with Crippen molar-refractivity contribution in [3.05, 3.63) is 41.9 Å². The van der Waals surface area contributed by atoms with Gasteiger partial charge in [0.15, 0.2) is 11.4 Å². The Hall–Kier alpha value is -4.84. The van der Waals surface area contributed by atoms with Gasteiger partial charge in [-0.25, -0.2) is 14.8 Å². The minimum absolute atomic E-state index is 0.0628. The number of aryl methyl sites for hydroxylation is 1. The van der Waals surface area contributed by atoms with E-state index in [1.807, 2.05) is 19.0 Å². The van der Waals surface area contributed by atoms with Crippen LogP contribution in [0.1, 0.15) is 18.4 Å². The van der Waals surface area contributed by atoms with E-state index in [9.17, 15) is 18.8 Å². The molecule has 0 atom stereocenters. The third-order valence-electron chi connectivity index (χ3n) is 5.81. The molecule has 0 radical (unpaired) electrons. The van der Waals surface area contributed by atoms with Crippen LogP contribution in [0.2, 0.25) is 0 Å². The molecule has 4 rings (SSSR count). The van der Waals surface area contributed by atoms with Crippen LogP contribution in [0.25, 0.3) is 11.2 Å². The van der Waals surface area contributed by atoms with Crippen LogP contribution in [0, 0.1) is 11.3 Å². The van der Waals surface area contributed by atoms with Gasteiger partial charge in [-0.2, -0.15) is 24.0 Å². The highest BCUT2D eigenvalue weighted by Crippen LogP contribution is 2.33. The van der Waals surface area contributed by atoms with Gasteiger partial charge in [-0.1, -0.05) is 0 Å². The normalized spacial score (nSPS) is 16.0. The Morgan fingerprint density at radius 1 is 1.43 bits per heavy atom. The fourth-order valence-corrected chi connectivity index (χ4v) is 3.81. The second kappa shape index (κ2) is 11.9. The monoisotopic (exact) mass is 554 g/mol. The summed E-state index contributed by atoms with van der Waals surface area (Å²) in [6, 6.07) is 5.08. The number of imidazole rings is 1. The number of halogens is 2. The number of nitrogens with zero attached hydrogens (tertiary/aromatic N) is 7. The molecule has 0 aromatic carbocycles. The lowest BCUT2D eigenvalue weighted by atomic mass is 10.0. The van der Waals surface area contributed by atoms with Gasteiger partial charge >= 0.3 is 6.09 Å². The summed E-state index contributed by atoms with van der Waals surface area (Å²) in [5.74, 6) is -2.59. The van der Waals surface area contributed by atoms with Gasteiger partial charge in [-0.15, -0.1) is 0 Å². The number of nitrogens with two attached hydrogens (primary N) is 1. The van der Waals surface area contributed by atoms with E-state index in [4.69, 9.17) is 15.2 Å². The number of nitriles is 1. The average Bonchev–Trinajstić information content (AvgIpc) is 3.20. The van der Waals surface area contributed by atoms with E-state index >= 15 is 0 Å². The number of aromatic nitrogens is 4. The molecule has 0 unspecified atom stereocenters. The van der Waals surface area contributed by atoms with Gasteiger partial charge in [0.05, 0.1) is 11.9 Å². The highest BCUT2D eigenvalue weighted by molar-refractivity contribution is 5.94. The molecule has 1 fully saturated rings. The maximum absolute atomic E-state index is 14.1. The first kappa shape index (κ1) is 28.2. The molecule has 0 spiro atoms. The molecular formula is C25H28F2N10O3. The third kappa shape index (κ3) is 6.59. The van der Waals surface area contributed by atoms with Gasteiger partial charge in [-0.3, -0.25) is 5.32 Å². The van der Waals surface area contributed by atoms with E-state index in [1.165, 1.54) is 29.1 Å². The third-order valence-corrected chi connectivity index (χ3v) is 5.81. The highest BCUT2D eigenvalue weighted by atomic mass is 19.3. The number of hydrogen-bond acceptors (Lipinski definition) is 10. The lowest BCUT2D eigenvalue weighted by Crippen LogP contribution is -2.37. The Kier molecular flexibility index (Phi) is 8.39. The summed E-state index contributed by atoms with van der Waals surface area (Å²) in [5, 5.41) is 15.1. The summed E-state index contributed by atoms with van der Waals surface area (Å²) in [6.45, 7) is 1.18. The summed E-state index contributed by atoms with van der Waals surface area (Å²) in [5.41, 5.74) is 6.21. The van der Waals surface area contributed by atoms with Gasteiger partial charge in [0.25, 0.3) is 5.92 Å². The quantitative estimate of drug-likeness (QED) is 0.278. The number of amidine groups is 1. The number of pyridine rings is 2. The van der Waals surface area contributed by atoms with Crippen molar-refractivity contribution < 1.29 is 23.0 Å². The first-order chi connectivity index (χ1) is 19.1. The second-order valence-corrected chi connectivity index (χ2v) is 9.12. The van der Waals surface area contributed by atoms with Crippen molar-refractivity contribution in [2.45, 2.75) is 18.8 Å². The Morgan fingerprint density at radius 2 is 2.23 bits per heavy atom. The Labute approximate surface area is 228 Å². The molecule has 0 bridgehead atoms. The average molecular weight is 555 g/mol. The molecule has 3 aromatic rings. The van der Waals surface area contributed by atoms with E-state index in [-0.39, 0.29) is 59.0 Å². The highest BCUT2D eigenvalue weighted by Gasteiger charge is 2.36. The van der Waals surface area contributed by atoms with Gasteiger partial charge < -0.3 is 30.0 Å². The fraction of sp³-hybridized carbons (Fsp3) is 0.360. The molecule has 1 saturated heterocycles. The van der Waals surface area contributed by atoms with E-state index in [0.29, 0.717) is 25.0 Å². The van der Waals surface area contributed by atoms with E-state index in [2.05, 4.69) is 36.6 Å². The molecular weight excluding hydrogens is 526 g/mol. The number of fused-ring (bicyclic) bond motifs is 1. The smallest absolute Gasteiger partial charge is 0.412 e. The van der Waals surface area contributed by atoms with Crippen molar-refractivity contribution in [1.29, 1.82) is 5.26 Å². The summed E-state index contributed by atoms with van der Waals surface area (Å²) in [6.07, 6.45) is 3.22. The number of carbonyl (C=O) groups is 1. The molecule has 1 amide bonds. The number of aliphatic imine (C=N–C) groups is 1. The lowest BCUT2D eigenvalue weighted by molar-refractivity contribution is 0.0125. The van der Waals surface area contributed by atoms with Crippen molar-refractivity contribution in [3.63, 3.8) is 0 Å². The standard InChI is InChI=1S/C25H28F2N10O3/c1-36(2)9-10-39-24(38)34-20-11-15(5-8-31-20)40-17-14-32-22-21(16(17)13-28)37(3)23(35-22)33-19(29)12-18-25(26,27)6-4-7-30-18/h5,8,11-12,14,30H,4,6-7,9-10H2,1-3H3,(H,31,34,38)(H2,29,32,33,35)/b18-12-. The summed E-state index contributed by atoms with van der Waals surface area (Å²) >= 11 is 0. The van der Waals surface area contributed by atoms with Crippen molar-refractivity contribution in [2.24, 2.45) is 17.8 Å². The van der Waals surface area contributed by atoms with E-state index < -0.39 is 12.0 Å². The number of amides is 1. The lowest BCUT2D eigenvalue weighted by Gasteiger charge is -2.26. The van der Waals surface area contributed by atoms with Crippen molar-refractivity contribution in [3.8, 4) is 17.6 Å². The first-order valence-corrected chi connectivity index (χ1v) is 12.2. The topological polar surface area (TPSA) is 169 Å². The number of rotatable bonds is 8. The van der Waals surface area contributed by atoms with Crippen LogP contribution in [-0.2, 0) is 11.8 Å². The minimum Gasteiger partial charge on any atom is -0.454 e. The van der Waals surface area contributed by atoms with Gasteiger partial charge in [-0.05, 0) is 26.6 Å². The van der Waals surface area contributed by atoms with Crippen LogP contribution in [0.3, 0.4) is 0 Å². The molecule has 4 heterocycles. The van der Waals surface area contributed by atoms with Crippen LogP contribution in [-0.4, -0.2) is 76.1 Å². The molecule has 3 aromatic heterocycles. The zero-order valence-corrected chi connectivity index (χ0v) is 22.1. The number of ether oxygens (including phenoxy) is 2. The zero-order valence-electron chi connectivity index (χ0n) is 22.1. The maximum Gasteiger partial charge on any atom is 0.412 e. The van der Waals surface area contributed by atoms with Crippen LogP contribution < -0.4 is 21.1 Å². The molecule has 0 saturated carbocycles.